The summed E-state index contributed by atoms with van der Waals surface area (Å²) < 4.78 is 2.18. The maximum atomic E-state index is 4.80. The number of aryl methyl sites for hydroxylation is 1. The Morgan fingerprint density at radius 2 is 1.79 bits per heavy atom. The molecule has 7 heteroatoms. The van der Waals surface area contributed by atoms with Crippen molar-refractivity contribution in [1.82, 2.24) is 24.9 Å². The molecule has 0 radical (unpaired) electrons. The highest BCUT2D eigenvalue weighted by Crippen LogP contribution is 2.25. The van der Waals surface area contributed by atoms with Crippen LogP contribution >= 0.6 is 24.8 Å². The second-order valence-corrected chi connectivity index (χ2v) is 8.00. The van der Waals surface area contributed by atoms with Gasteiger partial charge in [0.1, 0.15) is 0 Å². The Kier molecular flexibility index (Phi) is 7.40. The zero-order chi connectivity index (χ0) is 17.3. The SMILES string of the molecule is Cl.Cl.c1ccc2c(c1)CCC(N1CCN(Cc3cc4n(n3)CCNC4)CC1)C2. The molecule has 3 heterocycles. The fraction of sp³-hybridized carbons (Fsp3) is 0.571. The van der Waals surface area contributed by atoms with Gasteiger partial charge in [0.15, 0.2) is 0 Å². The van der Waals surface area contributed by atoms with E-state index in [1.165, 1.54) is 56.8 Å². The molecule has 0 saturated carbocycles. The summed E-state index contributed by atoms with van der Waals surface area (Å²) in [5, 5.41) is 8.23. The van der Waals surface area contributed by atoms with Crippen LogP contribution in [0.2, 0.25) is 0 Å². The van der Waals surface area contributed by atoms with Crippen LogP contribution in [0.25, 0.3) is 0 Å². The smallest absolute Gasteiger partial charge is 0.0768 e. The predicted octanol–water partition coefficient (Wildman–Crippen LogP) is 2.50. The summed E-state index contributed by atoms with van der Waals surface area (Å²) in [7, 11) is 0. The predicted molar refractivity (Wildman–Crippen MR) is 118 cm³/mol. The molecule has 0 bridgehead atoms. The first-order chi connectivity index (χ1) is 12.8. The van der Waals surface area contributed by atoms with Gasteiger partial charge < -0.3 is 5.32 Å². The molecule has 1 N–H and O–H groups in total. The Labute approximate surface area is 180 Å². The Morgan fingerprint density at radius 1 is 1.00 bits per heavy atom. The van der Waals surface area contributed by atoms with Crippen LogP contribution in [0.5, 0.6) is 0 Å². The van der Waals surface area contributed by atoms with Crippen molar-refractivity contribution >= 4 is 24.8 Å². The maximum absolute atomic E-state index is 4.80. The number of nitrogens with zero attached hydrogens (tertiary/aromatic N) is 4. The largest absolute Gasteiger partial charge is 0.309 e. The standard InChI is InChI=1S/C21H29N5.2ClH/c1-2-4-18-13-20(6-5-17(18)3-1)25-11-9-24(10-12-25)16-19-14-21-15-22-7-8-26(21)23-19;;/h1-4,14,20,22H,5-13,15-16H2;2*1H. The van der Waals surface area contributed by atoms with Gasteiger partial charge in [-0.1, -0.05) is 24.3 Å². The van der Waals surface area contributed by atoms with Crippen LogP contribution < -0.4 is 5.32 Å². The monoisotopic (exact) mass is 423 g/mol. The Bertz CT molecular complexity index is 746. The second-order valence-electron chi connectivity index (χ2n) is 8.00. The van der Waals surface area contributed by atoms with Crippen LogP contribution in [-0.2, 0) is 32.5 Å². The molecular formula is C21H31Cl2N5. The molecule has 5 nitrogen and oxygen atoms in total. The minimum Gasteiger partial charge on any atom is -0.309 e. The third-order valence-corrected chi connectivity index (χ3v) is 6.35. The van der Waals surface area contributed by atoms with Gasteiger partial charge in [-0.25, -0.2) is 0 Å². The number of fused-ring (bicyclic) bond motifs is 2. The number of piperazine rings is 1. The van der Waals surface area contributed by atoms with Crippen molar-refractivity contribution in [3.05, 3.63) is 52.8 Å². The number of aromatic nitrogens is 2. The quantitative estimate of drug-likeness (QED) is 0.822. The summed E-state index contributed by atoms with van der Waals surface area (Å²) in [5.74, 6) is 0. The fourth-order valence-corrected chi connectivity index (χ4v) is 4.84. The van der Waals surface area contributed by atoms with Gasteiger partial charge >= 0.3 is 0 Å². The van der Waals surface area contributed by atoms with Crippen LogP contribution in [0.1, 0.15) is 28.9 Å². The number of halogens is 2. The van der Waals surface area contributed by atoms with Gasteiger partial charge in [-0.05, 0) is 36.5 Å². The number of hydrogen-bond acceptors (Lipinski definition) is 4. The molecule has 0 spiro atoms. The van der Waals surface area contributed by atoms with Crippen molar-refractivity contribution in [2.24, 2.45) is 0 Å². The van der Waals surface area contributed by atoms with Crippen LogP contribution in [0.4, 0.5) is 0 Å². The van der Waals surface area contributed by atoms with Crippen molar-refractivity contribution in [3.8, 4) is 0 Å². The number of benzene rings is 1. The number of rotatable bonds is 3. The highest BCUT2D eigenvalue weighted by atomic mass is 35.5. The van der Waals surface area contributed by atoms with Crippen molar-refractivity contribution in [3.63, 3.8) is 0 Å². The molecule has 1 aromatic carbocycles. The minimum atomic E-state index is 0. The van der Waals surface area contributed by atoms with Crippen molar-refractivity contribution in [2.45, 2.75) is 44.9 Å². The molecule has 1 aromatic heterocycles. The summed E-state index contributed by atoms with van der Waals surface area (Å²) in [4.78, 5) is 5.31. The molecule has 1 unspecified atom stereocenters. The van der Waals surface area contributed by atoms with Gasteiger partial charge in [0.05, 0.1) is 17.9 Å². The lowest BCUT2D eigenvalue weighted by Gasteiger charge is -2.41. The maximum Gasteiger partial charge on any atom is 0.0768 e. The molecule has 1 saturated heterocycles. The van der Waals surface area contributed by atoms with Gasteiger partial charge in [0.2, 0.25) is 0 Å². The van der Waals surface area contributed by atoms with E-state index in [-0.39, 0.29) is 24.8 Å². The average molecular weight is 424 g/mol. The Morgan fingerprint density at radius 3 is 2.57 bits per heavy atom. The molecule has 28 heavy (non-hydrogen) atoms. The summed E-state index contributed by atoms with van der Waals surface area (Å²) in [5.41, 5.74) is 5.72. The molecule has 5 rings (SSSR count). The molecule has 1 fully saturated rings. The number of hydrogen-bond donors (Lipinski definition) is 1. The molecule has 1 atom stereocenters. The lowest BCUT2D eigenvalue weighted by molar-refractivity contribution is 0.0848. The molecular weight excluding hydrogens is 393 g/mol. The lowest BCUT2D eigenvalue weighted by atomic mass is 9.87. The van der Waals surface area contributed by atoms with Crippen molar-refractivity contribution < 1.29 is 0 Å². The van der Waals surface area contributed by atoms with E-state index in [4.69, 9.17) is 5.10 Å². The lowest BCUT2D eigenvalue weighted by Crippen LogP contribution is -2.51. The van der Waals surface area contributed by atoms with E-state index >= 15 is 0 Å². The van der Waals surface area contributed by atoms with Gasteiger partial charge in [0, 0.05) is 51.9 Å². The summed E-state index contributed by atoms with van der Waals surface area (Å²) in [6, 6.07) is 12.0. The molecule has 3 aliphatic rings. The highest BCUT2D eigenvalue weighted by molar-refractivity contribution is 5.85. The third kappa shape index (κ3) is 4.55. The topological polar surface area (TPSA) is 36.3 Å². The first kappa shape index (κ1) is 21.6. The van der Waals surface area contributed by atoms with Crippen molar-refractivity contribution in [2.75, 3.05) is 32.7 Å². The fourth-order valence-electron chi connectivity index (χ4n) is 4.84. The van der Waals surface area contributed by atoms with Crippen LogP contribution in [0, 0.1) is 0 Å². The van der Waals surface area contributed by atoms with E-state index < -0.39 is 0 Å². The zero-order valence-corrected chi connectivity index (χ0v) is 18.0. The molecule has 154 valence electrons. The second kappa shape index (κ2) is 9.59. The van der Waals surface area contributed by atoms with E-state index in [2.05, 4.69) is 50.1 Å². The van der Waals surface area contributed by atoms with Gasteiger partial charge in [-0.3, -0.25) is 14.5 Å². The summed E-state index contributed by atoms with van der Waals surface area (Å²) in [6.07, 6.45) is 3.80. The molecule has 2 aliphatic heterocycles. The Hall–Kier alpha value is -1.11. The van der Waals surface area contributed by atoms with Crippen LogP contribution in [0.15, 0.2) is 30.3 Å². The van der Waals surface area contributed by atoms with Crippen LogP contribution in [-0.4, -0.2) is 58.3 Å². The van der Waals surface area contributed by atoms with E-state index in [0.717, 1.165) is 32.2 Å². The number of nitrogens with one attached hydrogen (secondary N) is 1. The first-order valence-electron chi connectivity index (χ1n) is 10.1. The van der Waals surface area contributed by atoms with Crippen molar-refractivity contribution in [1.29, 1.82) is 0 Å². The first-order valence-corrected chi connectivity index (χ1v) is 10.1. The zero-order valence-electron chi connectivity index (χ0n) is 16.3. The summed E-state index contributed by atoms with van der Waals surface area (Å²) in [6.45, 7) is 8.73. The highest BCUT2D eigenvalue weighted by Gasteiger charge is 2.27. The summed E-state index contributed by atoms with van der Waals surface area (Å²) >= 11 is 0. The third-order valence-electron chi connectivity index (χ3n) is 6.35. The van der Waals surface area contributed by atoms with Gasteiger partial charge in [0.25, 0.3) is 0 Å². The normalized spacial score (nSPS) is 22.5. The van der Waals surface area contributed by atoms with Gasteiger partial charge in [-0.2, -0.15) is 5.10 Å². The Balaban J connectivity index is 0.00000112. The van der Waals surface area contributed by atoms with E-state index in [0.29, 0.717) is 0 Å². The average Bonchev–Trinajstić information content (AvgIpc) is 3.10. The van der Waals surface area contributed by atoms with Crippen LogP contribution in [0.3, 0.4) is 0 Å². The van der Waals surface area contributed by atoms with E-state index in [1.54, 1.807) is 11.1 Å². The van der Waals surface area contributed by atoms with Gasteiger partial charge in [-0.15, -0.1) is 24.8 Å². The molecule has 0 amide bonds. The van der Waals surface area contributed by atoms with E-state index in [1.807, 2.05) is 0 Å². The van der Waals surface area contributed by atoms with E-state index in [9.17, 15) is 0 Å². The molecule has 2 aromatic rings. The minimum absolute atomic E-state index is 0. The molecule has 1 aliphatic carbocycles.